The Labute approximate surface area is 125 Å². The fourth-order valence-corrected chi connectivity index (χ4v) is 2.47. The van der Waals surface area contributed by atoms with Crippen molar-refractivity contribution >= 4 is 28.4 Å². The summed E-state index contributed by atoms with van der Waals surface area (Å²) in [7, 11) is 1.60. The quantitative estimate of drug-likeness (QED) is 0.667. The van der Waals surface area contributed by atoms with Gasteiger partial charge in [-0.1, -0.05) is 24.3 Å². The van der Waals surface area contributed by atoms with Gasteiger partial charge >= 0.3 is 0 Å². The molecule has 0 atom stereocenters. The van der Waals surface area contributed by atoms with Gasteiger partial charge in [-0.2, -0.15) is 0 Å². The van der Waals surface area contributed by atoms with Crippen molar-refractivity contribution in [2.45, 2.75) is 6.61 Å². The number of hydrogen-bond acceptors (Lipinski definition) is 3. The highest BCUT2D eigenvalue weighted by atomic mass is 127. The van der Waals surface area contributed by atoms with E-state index in [1.54, 1.807) is 43.5 Å². The highest BCUT2D eigenvalue weighted by molar-refractivity contribution is 14.1. The molecular weight excluding hydrogens is 355 g/mol. The zero-order valence-electron chi connectivity index (χ0n) is 10.4. The van der Waals surface area contributed by atoms with Gasteiger partial charge in [-0.05, 0) is 46.4 Å². The Morgan fingerprint density at radius 1 is 1.16 bits per heavy atom. The Kier molecular flexibility index (Phi) is 4.55. The van der Waals surface area contributed by atoms with Crippen LogP contribution in [-0.4, -0.2) is 18.0 Å². The number of aliphatic hydroxyl groups is 1. The van der Waals surface area contributed by atoms with Crippen LogP contribution in [0.15, 0.2) is 42.5 Å². The Morgan fingerprint density at radius 3 is 2.32 bits per heavy atom. The van der Waals surface area contributed by atoms with Crippen LogP contribution in [0, 0.1) is 3.57 Å². The number of benzene rings is 2. The molecule has 19 heavy (non-hydrogen) atoms. The number of aliphatic hydroxyl groups excluding tert-OH is 1. The van der Waals surface area contributed by atoms with Crippen LogP contribution in [0.4, 0.5) is 0 Å². The fraction of sp³-hybridized carbons (Fsp3) is 0.133. The molecule has 0 spiro atoms. The van der Waals surface area contributed by atoms with Crippen molar-refractivity contribution in [1.82, 2.24) is 0 Å². The normalized spacial score (nSPS) is 10.3. The number of rotatable bonds is 4. The first-order valence-electron chi connectivity index (χ1n) is 5.73. The number of carbonyl (C=O) groups is 1. The second-order valence-electron chi connectivity index (χ2n) is 4.03. The molecule has 0 saturated heterocycles. The Morgan fingerprint density at radius 2 is 1.79 bits per heavy atom. The smallest absolute Gasteiger partial charge is 0.193 e. The predicted octanol–water partition coefficient (Wildman–Crippen LogP) is 3.02. The molecule has 0 unspecified atom stereocenters. The Balaban J connectivity index is 2.30. The van der Waals surface area contributed by atoms with Crippen LogP contribution in [-0.2, 0) is 6.61 Å². The van der Waals surface area contributed by atoms with Crippen LogP contribution in [0.3, 0.4) is 0 Å². The molecule has 4 heteroatoms. The largest absolute Gasteiger partial charge is 0.496 e. The van der Waals surface area contributed by atoms with Crippen molar-refractivity contribution in [3.8, 4) is 5.75 Å². The molecule has 0 aliphatic heterocycles. The van der Waals surface area contributed by atoms with E-state index < -0.39 is 0 Å². The van der Waals surface area contributed by atoms with Gasteiger partial charge in [0.15, 0.2) is 5.78 Å². The summed E-state index contributed by atoms with van der Waals surface area (Å²) in [6.07, 6.45) is 0. The van der Waals surface area contributed by atoms with Crippen LogP contribution in [0.1, 0.15) is 21.5 Å². The molecule has 2 aromatic carbocycles. The van der Waals surface area contributed by atoms with Gasteiger partial charge in [0.2, 0.25) is 0 Å². The summed E-state index contributed by atoms with van der Waals surface area (Å²) in [5, 5.41) is 8.98. The SMILES string of the molecule is COc1ccc(C(=O)c2ccc(CO)cc2)cc1I. The molecule has 0 aliphatic carbocycles. The molecule has 1 N–H and O–H groups in total. The molecule has 0 radical (unpaired) electrons. The number of methoxy groups -OCH3 is 1. The van der Waals surface area contributed by atoms with E-state index in [9.17, 15) is 4.79 Å². The minimum atomic E-state index is -0.0370. The highest BCUT2D eigenvalue weighted by Gasteiger charge is 2.11. The minimum absolute atomic E-state index is 0.0189. The zero-order chi connectivity index (χ0) is 13.8. The fourth-order valence-electron chi connectivity index (χ4n) is 1.74. The van der Waals surface area contributed by atoms with Gasteiger partial charge in [-0.3, -0.25) is 4.79 Å². The lowest BCUT2D eigenvalue weighted by atomic mass is 10.0. The van der Waals surface area contributed by atoms with Gasteiger partial charge in [-0.15, -0.1) is 0 Å². The topological polar surface area (TPSA) is 46.5 Å². The van der Waals surface area contributed by atoms with Gasteiger partial charge in [0.1, 0.15) is 5.75 Å². The molecule has 0 heterocycles. The van der Waals surface area contributed by atoms with Crippen molar-refractivity contribution in [1.29, 1.82) is 0 Å². The maximum absolute atomic E-state index is 12.3. The lowest BCUT2D eigenvalue weighted by Gasteiger charge is -2.06. The summed E-state index contributed by atoms with van der Waals surface area (Å²) in [5.74, 6) is 0.720. The summed E-state index contributed by atoms with van der Waals surface area (Å²) < 4.78 is 6.07. The van der Waals surface area contributed by atoms with E-state index >= 15 is 0 Å². The molecule has 2 rings (SSSR count). The maximum Gasteiger partial charge on any atom is 0.193 e. The van der Waals surface area contributed by atoms with E-state index in [4.69, 9.17) is 9.84 Å². The van der Waals surface area contributed by atoms with Crippen LogP contribution in [0.25, 0.3) is 0 Å². The first-order valence-corrected chi connectivity index (χ1v) is 6.81. The first kappa shape index (κ1) is 14.0. The molecule has 0 fully saturated rings. The molecule has 0 aliphatic rings. The molecular formula is C15H13IO3. The number of ketones is 1. The van der Waals surface area contributed by atoms with Crippen molar-refractivity contribution in [3.05, 3.63) is 62.7 Å². The van der Waals surface area contributed by atoms with Gasteiger partial charge < -0.3 is 9.84 Å². The molecule has 0 bridgehead atoms. The number of carbonyl (C=O) groups excluding carboxylic acids is 1. The minimum Gasteiger partial charge on any atom is -0.496 e. The van der Waals surface area contributed by atoms with Crippen molar-refractivity contribution in [2.75, 3.05) is 7.11 Å². The Bertz CT molecular complexity index is 591. The predicted molar refractivity (Wildman–Crippen MR) is 81.5 cm³/mol. The van der Waals surface area contributed by atoms with E-state index in [0.717, 1.165) is 14.9 Å². The third-order valence-corrected chi connectivity index (χ3v) is 3.66. The summed E-state index contributed by atoms with van der Waals surface area (Å²) in [4.78, 5) is 12.3. The van der Waals surface area contributed by atoms with Gasteiger partial charge in [0.25, 0.3) is 0 Å². The molecule has 2 aromatic rings. The molecule has 98 valence electrons. The van der Waals surface area contributed by atoms with E-state index in [0.29, 0.717) is 11.1 Å². The lowest BCUT2D eigenvalue weighted by Crippen LogP contribution is -2.02. The van der Waals surface area contributed by atoms with Crippen molar-refractivity contribution in [2.24, 2.45) is 0 Å². The highest BCUT2D eigenvalue weighted by Crippen LogP contribution is 2.23. The third-order valence-electron chi connectivity index (χ3n) is 2.81. The second kappa shape index (κ2) is 6.16. The van der Waals surface area contributed by atoms with E-state index in [2.05, 4.69) is 22.6 Å². The van der Waals surface area contributed by atoms with Crippen LogP contribution < -0.4 is 4.74 Å². The first-order chi connectivity index (χ1) is 9.15. The van der Waals surface area contributed by atoms with Crippen molar-refractivity contribution < 1.29 is 14.6 Å². The van der Waals surface area contributed by atoms with Gasteiger partial charge in [0, 0.05) is 11.1 Å². The summed E-state index contributed by atoms with van der Waals surface area (Å²) in [6.45, 7) is -0.0189. The van der Waals surface area contributed by atoms with Crippen molar-refractivity contribution in [3.63, 3.8) is 0 Å². The molecule has 0 amide bonds. The van der Waals surface area contributed by atoms with Gasteiger partial charge in [-0.25, -0.2) is 0 Å². The number of hydrogen-bond donors (Lipinski definition) is 1. The number of ether oxygens (including phenoxy) is 1. The van der Waals surface area contributed by atoms with E-state index in [1.807, 2.05) is 6.07 Å². The Hall–Kier alpha value is -1.40. The van der Waals surface area contributed by atoms with E-state index in [1.165, 1.54) is 0 Å². The second-order valence-corrected chi connectivity index (χ2v) is 5.20. The zero-order valence-corrected chi connectivity index (χ0v) is 12.5. The summed E-state index contributed by atoms with van der Waals surface area (Å²) >= 11 is 2.14. The van der Waals surface area contributed by atoms with Crippen LogP contribution >= 0.6 is 22.6 Å². The molecule has 3 nitrogen and oxygen atoms in total. The third kappa shape index (κ3) is 3.13. The lowest BCUT2D eigenvalue weighted by molar-refractivity contribution is 0.103. The average molecular weight is 368 g/mol. The monoisotopic (exact) mass is 368 g/mol. The van der Waals surface area contributed by atoms with Crippen LogP contribution in [0.2, 0.25) is 0 Å². The van der Waals surface area contributed by atoms with Gasteiger partial charge in [0.05, 0.1) is 17.3 Å². The maximum atomic E-state index is 12.3. The summed E-state index contributed by atoms with van der Waals surface area (Å²) in [5.41, 5.74) is 2.03. The molecule has 0 saturated carbocycles. The average Bonchev–Trinajstić information content (AvgIpc) is 2.46. The van der Waals surface area contributed by atoms with E-state index in [-0.39, 0.29) is 12.4 Å². The standard InChI is InChI=1S/C15H13IO3/c1-19-14-7-6-12(8-13(14)16)15(18)11-4-2-10(9-17)3-5-11/h2-8,17H,9H2,1H3. The summed E-state index contributed by atoms with van der Waals surface area (Å²) in [6, 6.07) is 12.3. The van der Waals surface area contributed by atoms with Crippen LogP contribution in [0.5, 0.6) is 5.75 Å². The number of halogens is 1. The molecule has 0 aromatic heterocycles.